The second-order valence-electron chi connectivity index (χ2n) is 2.72. The Hall–Kier alpha value is -0.300. The highest BCUT2D eigenvalue weighted by Crippen LogP contribution is 2.34. The largest absolute Gasteiger partial charge is 0.480 e. The van der Waals surface area contributed by atoms with Crippen molar-refractivity contribution in [3.8, 4) is 0 Å². The van der Waals surface area contributed by atoms with Crippen LogP contribution < -0.4 is 0 Å². The van der Waals surface area contributed by atoms with E-state index < -0.39 is 12.0 Å². The van der Waals surface area contributed by atoms with E-state index in [-0.39, 0.29) is 5.15 Å². The first-order valence-electron chi connectivity index (χ1n) is 3.84. The molecule has 0 radical (unpaired) electrons. The molecule has 4 nitrogen and oxygen atoms in total. The number of hydrogen-bond acceptors (Lipinski definition) is 5. The molecule has 0 aromatic carbocycles. The number of aliphatic imine (C=N–C) groups is 1. The molecule has 0 spiro atoms. The van der Waals surface area contributed by atoms with Crippen LogP contribution in [0.25, 0.3) is 0 Å². The Bertz CT molecular complexity index is 446. The third kappa shape index (κ3) is 2.13. The van der Waals surface area contributed by atoms with Crippen molar-refractivity contribution >= 4 is 57.5 Å². The Kier molecular flexibility index (Phi) is 3.20. The molecule has 2 rings (SSSR count). The first-order valence-corrected chi connectivity index (χ1v) is 6.35. The van der Waals surface area contributed by atoms with Gasteiger partial charge in [-0.15, -0.1) is 11.8 Å². The Morgan fingerprint density at radius 3 is 2.73 bits per heavy atom. The normalized spacial score (nSPS) is 20.4. The SMILES string of the molecule is O=C(O)C1CSC(c2snc(Cl)c2Cl)=N1. The van der Waals surface area contributed by atoms with E-state index in [1.54, 1.807) is 0 Å². The van der Waals surface area contributed by atoms with Gasteiger partial charge >= 0.3 is 5.97 Å². The molecule has 0 aliphatic carbocycles. The van der Waals surface area contributed by atoms with Crippen LogP contribution in [0.5, 0.6) is 0 Å². The monoisotopic (exact) mass is 282 g/mol. The molecule has 1 aromatic heterocycles. The molecule has 8 heteroatoms. The highest BCUT2D eigenvalue weighted by Gasteiger charge is 2.27. The Balaban J connectivity index is 2.30. The van der Waals surface area contributed by atoms with Gasteiger partial charge in [-0.1, -0.05) is 23.2 Å². The zero-order valence-corrected chi connectivity index (χ0v) is 10.3. The number of aliphatic carboxylic acids is 1. The summed E-state index contributed by atoms with van der Waals surface area (Å²) in [6.07, 6.45) is 0. The summed E-state index contributed by atoms with van der Waals surface area (Å²) in [4.78, 5) is 15.4. The summed E-state index contributed by atoms with van der Waals surface area (Å²) < 4.78 is 3.86. The third-order valence-corrected chi connectivity index (χ3v) is 4.73. The van der Waals surface area contributed by atoms with Crippen LogP contribution in [0.2, 0.25) is 10.2 Å². The van der Waals surface area contributed by atoms with E-state index >= 15 is 0 Å². The number of carboxylic acids is 1. The highest BCUT2D eigenvalue weighted by atomic mass is 35.5. The van der Waals surface area contributed by atoms with Crippen molar-refractivity contribution in [2.45, 2.75) is 6.04 Å². The molecule has 1 atom stereocenters. The van der Waals surface area contributed by atoms with Gasteiger partial charge in [0.2, 0.25) is 0 Å². The zero-order valence-electron chi connectivity index (χ0n) is 7.11. The maximum atomic E-state index is 10.7. The average molecular weight is 283 g/mol. The molecule has 0 saturated carbocycles. The molecular weight excluding hydrogens is 279 g/mol. The van der Waals surface area contributed by atoms with Crippen molar-refractivity contribution in [1.29, 1.82) is 0 Å². The van der Waals surface area contributed by atoms with Crippen LogP contribution in [0.15, 0.2) is 4.99 Å². The van der Waals surface area contributed by atoms with E-state index in [0.717, 1.165) is 11.5 Å². The molecular formula is C7H4Cl2N2O2S2. The minimum atomic E-state index is -0.927. The van der Waals surface area contributed by atoms with Crippen LogP contribution >= 0.6 is 46.5 Å². The van der Waals surface area contributed by atoms with Crippen molar-refractivity contribution in [2.75, 3.05) is 5.75 Å². The maximum absolute atomic E-state index is 10.7. The van der Waals surface area contributed by atoms with Gasteiger partial charge in [0.25, 0.3) is 0 Å². The summed E-state index contributed by atoms with van der Waals surface area (Å²) in [5.74, 6) is -0.500. The predicted octanol–water partition coefficient (Wildman–Crippen LogP) is 2.40. The van der Waals surface area contributed by atoms with Crippen LogP contribution in [0.4, 0.5) is 0 Å². The highest BCUT2D eigenvalue weighted by molar-refractivity contribution is 8.15. The van der Waals surface area contributed by atoms with E-state index in [2.05, 4.69) is 9.37 Å². The fourth-order valence-corrected chi connectivity index (χ4v) is 3.44. The number of thioether (sulfide) groups is 1. The molecule has 1 aromatic rings. The van der Waals surface area contributed by atoms with Gasteiger partial charge in [0.05, 0.1) is 4.88 Å². The summed E-state index contributed by atoms with van der Waals surface area (Å²) in [5.41, 5.74) is 0. The van der Waals surface area contributed by atoms with E-state index in [9.17, 15) is 4.79 Å². The van der Waals surface area contributed by atoms with Gasteiger partial charge < -0.3 is 5.11 Å². The summed E-state index contributed by atoms with van der Waals surface area (Å²) >= 11 is 14.1. The zero-order chi connectivity index (χ0) is 11.0. The minimum Gasteiger partial charge on any atom is -0.480 e. The predicted molar refractivity (Wildman–Crippen MR) is 62.6 cm³/mol. The van der Waals surface area contributed by atoms with Gasteiger partial charge in [-0.05, 0) is 11.5 Å². The molecule has 80 valence electrons. The molecule has 15 heavy (non-hydrogen) atoms. The molecule has 2 heterocycles. The quantitative estimate of drug-likeness (QED) is 0.905. The molecule has 0 fully saturated rings. The van der Waals surface area contributed by atoms with Crippen molar-refractivity contribution in [3.05, 3.63) is 15.1 Å². The molecule has 0 bridgehead atoms. The van der Waals surface area contributed by atoms with E-state index in [1.807, 2.05) is 0 Å². The standard InChI is InChI=1S/C7H4Cl2N2O2S2/c8-3-4(15-11-5(3)9)6-10-2(1-14-6)7(12)13/h2H,1H2,(H,12,13). The fraction of sp³-hybridized carbons (Fsp3) is 0.286. The van der Waals surface area contributed by atoms with Crippen LogP contribution in [-0.2, 0) is 4.79 Å². The third-order valence-electron chi connectivity index (χ3n) is 1.73. The molecule has 1 aliphatic heterocycles. The number of carboxylic acid groups (broad SMARTS) is 1. The Morgan fingerprint density at radius 1 is 1.53 bits per heavy atom. The number of carbonyl (C=O) groups is 1. The second kappa shape index (κ2) is 4.29. The van der Waals surface area contributed by atoms with Crippen LogP contribution in [0.1, 0.15) is 4.88 Å². The number of hydrogen-bond donors (Lipinski definition) is 1. The first kappa shape index (κ1) is 11.2. The maximum Gasteiger partial charge on any atom is 0.329 e. The van der Waals surface area contributed by atoms with Crippen molar-refractivity contribution in [2.24, 2.45) is 4.99 Å². The summed E-state index contributed by atoms with van der Waals surface area (Å²) in [6, 6.07) is -0.693. The van der Waals surface area contributed by atoms with Crippen molar-refractivity contribution in [3.63, 3.8) is 0 Å². The van der Waals surface area contributed by atoms with E-state index in [4.69, 9.17) is 28.3 Å². The second-order valence-corrected chi connectivity index (χ2v) is 5.23. The van der Waals surface area contributed by atoms with Crippen molar-refractivity contribution < 1.29 is 9.90 Å². The minimum absolute atomic E-state index is 0.235. The van der Waals surface area contributed by atoms with Gasteiger partial charge in [-0.25, -0.2) is 4.79 Å². The van der Waals surface area contributed by atoms with Crippen LogP contribution in [0.3, 0.4) is 0 Å². The van der Waals surface area contributed by atoms with E-state index in [1.165, 1.54) is 11.8 Å². The molecule has 1 unspecified atom stereocenters. The average Bonchev–Trinajstić information content (AvgIpc) is 2.76. The Morgan fingerprint density at radius 2 is 2.27 bits per heavy atom. The summed E-state index contributed by atoms with van der Waals surface area (Å²) in [6.45, 7) is 0. The van der Waals surface area contributed by atoms with Gasteiger partial charge in [0, 0.05) is 5.75 Å². The van der Waals surface area contributed by atoms with Gasteiger partial charge in [-0.2, -0.15) is 4.37 Å². The summed E-state index contributed by atoms with van der Waals surface area (Å²) in [5, 5.41) is 9.95. The summed E-state index contributed by atoms with van der Waals surface area (Å²) in [7, 11) is 0. The van der Waals surface area contributed by atoms with Crippen LogP contribution in [-0.4, -0.2) is 32.3 Å². The lowest BCUT2D eigenvalue weighted by atomic mass is 10.4. The van der Waals surface area contributed by atoms with Crippen molar-refractivity contribution in [1.82, 2.24) is 4.37 Å². The first-order chi connectivity index (χ1) is 7.09. The molecule has 1 aliphatic rings. The topological polar surface area (TPSA) is 62.5 Å². The lowest BCUT2D eigenvalue weighted by Gasteiger charge is -1.94. The fourth-order valence-electron chi connectivity index (χ4n) is 1.02. The smallest absolute Gasteiger partial charge is 0.329 e. The van der Waals surface area contributed by atoms with Gasteiger partial charge in [0.15, 0.2) is 11.2 Å². The molecule has 0 amide bonds. The van der Waals surface area contributed by atoms with Gasteiger partial charge in [-0.3, -0.25) is 4.99 Å². The number of halogens is 2. The Labute approximate surface area is 103 Å². The molecule has 1 N–H and O–H groups in total. The molecule has 0 saturated heterocycles. The van der Waals surface area contributed by atoms with Gasteiger partial charge in [0.1, 0.15) is 10.1 Å². The number of nitrogens with zero attached hydrogens (tertiary/aromatic N) is 2. The number of aromatic nitrogens is 1. The van der Waals surface area contributed by atoms with Crippen LogP contribution in [0, 0.1) is 0 Å². The lowest BCUT2D eigenvalue weighted by Crippen LogP contribution is -2.17. The lowest BCUT2D eigenvalue weighted by molar-refractivity contribution is -0.137. The number of rotatable bonds is 2. The van der Waals surface area contributed by atoms with E-state index in [0.29, 0.717) is 20.7 Å².